The van der Waals surface area contributed by atoms with E-state index in [1.165, 1.54) is 0 Å². The summed E-state index contributed by atoms with van der Waals surface area (Å²) < 4.78 is 0. The fourth-order valence-electron chi connectivity index (χ4n) is 4.43. The molecule has 2 saturated heterocycles. The van der Waals surface area contributed by atoms with Crippen LogP contribution in [0.25, 0.3) is 0 Å². The van der Waals surface area contributed by atoms with E-state index in [2.05, 4.69) is 20.9 Å². The highest BCUT2D eigenvalue weighted by Crippen LogP contribution is 2.29. The fourth-order valence-corrected chi connectivity index (χ4v) is 4.43. The molecule has 0 spiro atoms. The second-order valence-corrected chi connectivity index (χ2v) is 8.15. The summed E-state index contributed by atoms with van der Waals surface area (Å²) in [6.07, 6.45) is 2.44. The summed E-state index contributed by atoms with van der Waals surface area (Å²) in [4.78, 5) is 42.5. The first-order chi connectivity index (χ1) is 14.6. The third-order valence-corrected chi connectivity index (χ3v) is 6.23. The number of carbonyl (C=O) groups excluding carboxylic acids is 3. The summed E-state index contributed by atoms with van der Waals surface area (Å²) in [5.74, 6) is -0.808. The molecule has 1 aromatic carbocycles. The molecule has 2 fully saturated rings. The van der Waals surface area contributed by atoms with Gasteiger partial charge in [-0.15, -0.1) is 0 Å². The number of benzene rings is 1. The van der Waals surface area contributed by atoms with Gasteiger partial charge in [0.1, 0.15) is 6.04 Å². The molecule has 154 valence electrons. The molecule has 1 atom stereocenters. The quantitative estimate of drug-likeness (QED) is 0.624. The number of hydrogen-bond acceptors (Lipinski definition) is 6. The summed E-state index contributed by atoms with van der Waals surface area (Å²) in [5, 5.41) is 9.28. The Hall–Kier alpha value is -3.10. The van der Waals surface area contributed by atoms with E-state index >= 15 is 0 Å². The molecule has 5 rings (SSSR count). The Bertz CT molecular complexity index is 1020. The maximum atomic E-state index is 12.8. The molecule has 0 saturated carbocycles. The molecular weight excluding hydrogens is 382 g/mol. The summed E-state index contributed by atoms with van der Waals surface area (Å²) in [5.41, 5.74) is 3.46. The van der Waals surface area contributed by atoms with E-state index in [4.69, 9.17) is 0 Å². The Morgan fingerprint density at radius 1 is 1.17 bits per heavy atom. The highest BCUT2D eigenvalue weighted by molar-refractivity contribution is 6.05. The number of pyridine rings is 1. The number of piperidine rings is 1. The van der Waals surface area contributed by atoms with Crippen molar-refractivity contribution < 1.29 is 14.4 Å². The first-order valence-electron chi connectivity index (χ1n) is 10.2. The zero-order valence-electron chi connectivity index (χ0n) is 16.5. The highest BCUT2D eigenvalue weighted by atomic mass is 16.2. The number of fused-ring (bicyclic) bond motifs is 1. The van der Waals surface area contributed by atoms with Crippen molar-refractivity contribution in [3.05, 3.63) is 65.0 Å². The van der Waals surface area contributed by atoms with Crippen LogP contribution in [0.15, 0.2) is 42.6 Å². The van der Waals surface area contributed by atoms with E-state index in [-0.39, 0.29) is 29.7 Å². The lowest BCUT2D eigenvalue weighted by Crippen LogP contribution is -2.65. The van der Waals surface area contributed by atoms with Crippen LogP contribution in [0.5, 0.6) is 0 Å². The van der Waals surface area contributed by atoms with Crippen LogP contribution in [0, 0.1) is 0 Å². The van der Waals surface area contributed by atoms with Crippen LogP contribution in [-0.2, 0) is 28.2 Å². The van der Waals surface area contributed by atoms with Crippen LogP contribution >= 0.6 is 0 Å². The van der Waals surface area contributed by atoms with Gasteiger partial charge in [-0.05, 0) is 35.7 Å². The van der Waals surface area contributed by atoms with Crippen LogP contribution in [0.3, 0.4) is 0 Å². The number of rotatable bonds is 5. The SMILES string of the molecule is O=C1CCC(N2Cc3cc(CNC4(c5ccccn5)CNC4)ccc3C2=O)C(=O)N1. The molecule has 3 aliphatic heterocycles. The molecule has 4 heterocycles. The molecule has 1 unspecified atom stereocenters. The number of aromatic nitrogens is 1. The van der Waals surface area contributed by atoms with Gasteiger partial charge in [-0.3, -0.25) is 30.0 Å². The van der Waals surface area contributed by atoms with Gasteiger partial charge in [0, 0.05) is 44.4 Å². The first kappa shape index (κ1) is 18.9. The topological polar surface area (TPSA) is 103 Å². The van der Waals surface area contributed by atoms with E-state index in [9.17, 15) is 14.4 Å². The second kappa shape index (κ2) is 7.30. The molecule has 30 heavy (non-hydrogen) atoms. The van der Waals surface area contributed by atoms with Crippen molar-refractivity contribution >= 4 is 17.7 Å². The Morgan fingerprint density at radius 3 is 2.73 bits per heavy atom. The van der Waals surface area contributed by atoms with Crippen molar-refractivity contribution in [1.82, 2.24) is 25.8 Å². The zero-order valence-corrected chi connectivity index (χ0v) is 16.5. The van der Waals surface area contributed by atoms with Crippen LogP contribution in [0.4, 0.5) is 0 Å². The third kappa shape index (κ3) is 3.18. The van der Waals surface area contributed by atoms with Gasteiger partial charge in [-0.2, -0.15) is 0 Å². The van der Waals surface area contributed by atoms with Gasteiger partial charge >= 0.3 is 0 Å². The number of imide groups is 1. The van der Waals surface area contributed by atoms with Crippen molar-refractivity contribution in [1.29, 1.82) is 0 Å². The predicted octanol–water partition coefficient (Wildman–Crippen LogP) is 0.431. The standard InChI is InChI=1S/C22H23N5O3/c28-19-7-6-17(20(29)26-19)27-11-15-9-14(4-5-16(15)21(27)30)10-25-22(12-23-13-22)18-3-1-2-8-24-18/h1-5,8-9,17,23,25H,6-7,10-13H2,(H,26,28,29). The Labute approximate surface area is 174 Å². The molecule has 3 aliphatic rings. The average molecular weight is 405 g/mol. The lowest BCUT2D eigenvalue weighted by atomic mass is 9.87. The highest BCUT2D eigenvalue weighted by Gasteiger charge is 2.40. The van der Waals surface area contributed by atoms with Crippen LogP contribution < -0.4 is 16.0 Å². The maximum Gasteiger partial charge on any atom is 0.255 e. The van der Waals surface area contributed by atoms with Gasteiger partial charge in [0.2, 0.25) is 11.8 Å². The molecule has 0 bridgehead atoms. The Morgan fingerprint density at radius 2 is 2.03 bits per heavy atom. The molecule has 3 N–H and O–H groups in total. The molecule has 8 heteroatoms. The van der Waals surface area contributed by atoms with Gasteiger partial charge in [0.15, 0.2) is 0 Å². The van der Waals surface area contributed by atoms with Gasteiger partial charge in [0.25, 0.3) is 5.91 Å². The van der Waals surface area contributed by atoms with E-state index in [0.29, 0.717) is 25.1 Å². The monoisotopic (exact) mass is 405 g/mol. The Balaban J connectivity index is 1.30. The summed E-state index contributed by atoms with van der Waals surface area (Å²) in [6, 6.07) is 11.2. The summed E-state index contributed by atoms with van der Waals surface area (Å²) in [6.45, 7) is 2.67. The minimum absolute atomic E-state index is 0.146. The minimum Gasteiger partial charge on any atom is -0.322 e. The molecule has 3 amide bonds. The molecule has 2 aromatic rings. The number of hydrogen-bond donors (Lipinski definition) is 3. The van der Waals surface area contributed by atoms with Gasteiger partial charge in [-0.25, -0.2) is 0 Å². The minimum atomic E-state index is -0.586. The van der Waals surface area contributed by atoms with Crippen LogP contribution in [0.1, 0.15) is 40.0 Å². The number of nitrogens with zero attached hydrogens (tertiary/aromatic N) is 2. The van der Waals surface area contributed by atoms with Crippen molar-refractivity contribution in [2.24, 2.45) is 0 Å². The largest absolute Gasteiger partial charge is 0.322 e. The number of carbonyl (C=O) groups is 3. The predicted molar refractivity (Wildman–Crippen MR) is 108 cm³/mol. The van der Waals surface area contributed by atoms with Crippen LogP contribution in [0.2, 0.25) is 0 Å². The van der Waals surface area contributed by atoms with E-state index < -0.39 is 6.04 Å². The zero-order chi connectivity index (χ0) is 20.7. The number of amides is 3. The molecule has 0 aliphatic carbocycles. The van der Waals surface area contributed by atoms with Gasteiger partial charge < -0.3 is 10.2 Å². The van der Waals surface area contributed by atoms with Crippen molar-refractivity contribution in [2.75, 3.05) is 13.1 Å². The molecule has 8 nitrogen and oxygen atoms in total. The van der Waals surface area contributed by atoms with E-state index in [0.717, 1.165) is 29.9 Å². The van der Waals surface area contributed by atoms with Crippen molar-refractivity contribution in [3.63, 3.8) is 0 Å². The normalized spacial score (nSPS) is 22.5. The summed E-state index contributed by atoms with van der Waals surface area (Å²) in [7, 11) is 0. The van der Waals surface area contributed by atoms with Gasteiger partial charge in [0.05, 0.1) is 11.2 Å². The second-order valence-electron chi connectivity index (χ2n) is 8.15. The van der Waals surface area contributed by atoms with Crippen molar-refractivity contribution in [2.45, 2.75) is 37.5 Å². The number of nitrogens with one attached hydrogen (secondary N) is 3. The lowest BCUT2D eigenvalue weighted by Gasteiger charge is -2.43. The fraction of sp³-hybridized carbons (Fsp3) is 0.364. The molecule has 0 radical (unpaired) electrons. The van der Waals surface area contributed by atoms with E-state index in [1.807, 2.05) is 42.6 Å². The van der Waals surface area contributed by atoms with E-state index in [1.54, 1.807) is 4.90 Å². The Kier molecular flexibility index (Phi) is 4.60. The third-order valence-electron chi connectivity index (χ3n) is 6.23. The maximum absolute atomic E-state index is 12.8. The first-order valence-corrected chi connectivity index (χ1v) is 10.2. The smallest absolute Gasteiger partial charge is 0.255 e. The van der Waals surface area contributed by atoms with Gasteiger partial charge in [-0.1, -0.05) is 18.2 Å². The molecular formula is C22H23N5O3. The van der Waals surface area contributed by atoms with Crippen LogP contribution in [-0.4, -0.2) is 46.7 Å². The average Bonchev–Trinajstić information content (AvgIpc) is 3.04. The molecule has 1 aromatic heterocycles. The lowest BCUT2D eigenvalue weighted by molar-refractivity contribution is -0.136. The van der Waals surface area contributed by atoms with Crippen molar-refractivity contribution in [3.8, 4) is 0 Å². The summed E-state index contributed by atoms with van der Waals surface area (Å²) >= 11 is 0.